The van der Waals surface area contributed by atoms with Crippen LogP contribution >= 0.6 is 11.8 Å². The highest BCUT2D eigenvalue weighted by atomic mass is 35.5. The van der Waals surface area contributed by atoms with Crippen LogP contribution in [-0.4, -0.2) is 19.3 Å². The first-order chi connectivity index (χ1) is 6.36. The molecular weight excluding hydrogens is 188 g/mol. The summed E-state index contributed by atoms with van der Waals surface area (Å²) in [4.78, 5) is 8.04. The zero-order valence-electron chi connectivity index (χ0n) is 6.81. The topological polar surface area (TPSA) is 43.6 Å². The monoisotopic (exact) mass is 194 g/mol. The van der Waals surface area contributed by atoms with E-state index in [9.17, 15) is 0 Å². The third-order valence-corrected chi connectivity index (χ3v) is 2.54. The number of hydrogen-bond donors (Lipinski definition) is 0. The Morgan fingerprint density at radius 2 is 2.31 bits per heavy atom. The predicted molar refractivity (Wildman–Crippen MR) is 48.5 cm³/mol. The number of halogens is 1. The standard InChI is InChI=1S/C8H7ClN4/c9-13-8-6(3-10-4-11-8)7(12-13)5-1-2-5/h3-5H,1-2H2. The maximum Gasteiger partial charge on any atom is 0.179 e. The van der Waals surface area contributed by atoms with Crippen molar-refractivity contribution in [1.82, 2.24) is 19.3 Å². The highest BCUT2D eigenvalue weighted by Gasteiger charge is 2.29. The van der Waals surface area contributed by atoms with Gasteiger partial charge >= 0.3 is 0 Å². The van der Waals surface area contributed by atoms with E-state index in [0.717, 1.165) is 11.1 Å². The molecule has 2 heterocycles. The van der Waals surface area contributed by atoms with Crippen LogP contribution < -0.4 is 0 Å². The summed E-state index contributed by atoms with van der Waals surface area (Å²) in [5.74, 6) is 0.577. The molecule has 2 aromatic rings. The number of fused-ring (bicyclic) bond motifs is 1. The Labute approximate surface area is 79.7 Å². The minimum absolute atomic E-state index is 0.577. The Morgan fingerprint density at radius 1 is 1.46 bits per heavy atom. The summed E-state index contributed by atoms with van der Waals surface area (Å²) >= 11 is 5.86. The molecule has 1 fully saturated rings. The molecule has 0 bridgehead atoms. The molecule has 1 aliphatic rings. The van der Waals surface area contributed by atoms with Crippen LogP contribution in [0.5, 0.6) is 0 Å². The van der Waals surface area contributed by atoms with E-state index < -0.39 is 0 Å². The van der Waals surface area contributed by atoms with Crippen molar-refractivity contribution in [2.75, 3.05) is 0 Å². The van der Waals surface area contributed by atoms with Crippen LogP contribution in [0.2, 0.25) is 0 Å². The fourth-order valence-electron chi connectivity index (χ4n) is 1.51. The van der Waals surface area contributed by atoms with Gasteiger partial charge in [-0.3, -0.25) is 0 Å². The molecule has 1 aliphatic carbocycles. The van der Waals surface area contributed by atoms with Crippen LogP contribution in [-0.2, 0) is 0 Å². The normalized spacial score (nSPS) is 16.7. The molecule has 0 unspecified atom stereocenters. The van der Waals surface area contributed by atoms with Crippen molar-refractivity contribution >= 4 is 22.8 Å². The minimum atomic E-state index is 0.577. The molecule has 0 aliphatic heterocycles. The Morgan fingerprint density at radius 3 is 3.08 bits per heavy atom. The Balaban J connectivity index is 2.34. The lowest BCUT2D eigenvalue weighted by atomic mass is 10.2. The molecule has 13 heavy (non-hydrogen) atoms. The second-order valence-electron chi connectivity index (χ2n) is 3.28. The minimum Gasteiger partial charge on any atom is -0.244 e. The molecule has 0 saturated heterocycles. The molecule has 0 N–H and O–H groups in total. The van der Waals surface area contributed by atoms with E-state index >= 15 is 0 Å². The Hall–Kier alpha value is -1.16. The molecule has 1 saturated carbocycles. The Bertz CT molecular complexity index is 460. The molecule has 5 heteroatoms. The maximum absolute atomic E-state index is 5.86. The molecule has 0 amide bonds. The van der Waals surface area contributed by atoms with Crippen molar-refractivity contribution in [2.24, 2.45) is 0 Å². The molecular formula is C8H7ClN4. The third-order valence-electron chi connectivity index (χ3n) is 2.30. The van der Waals surface area contributed by atoms with Gasteiger partial charge in [-0.05, 0) is 12.8 Å². The first-order valence-electron chi connectivity index (χ1n) is 4.21. The molecule has 4 nitrogen and oxygen atoms in total. The van der Waals surface area contributed by atoms with Crippen LogP contribution in [0, 0.1) is 0 Å². The van der Waals surface area contributed by atoms with E-state index in [0.29, 0.717) is 11.6 Å². The lowest BCUT2D eigenvalue weighted by Gasteiger charge is -1.88. The fourth-order valence-corrected chi connectivity index (χ4v) is 1.72. The summed E-state index contributed by atoms with van der Waals surface area (Å²) in [6.45, 7) is 0. The molecule has 0 aromatic carbocycles. The molecule has 0 atom stereocenters. The first kappa shape index (κ1) is 7.26. The van der Waals surface area contributed by atoms with Gasteiger partial charge in [0, 0.05) is 23.9 Å². The van der Waals surface area contributed by atoms with Crippen molar-refractivity contribution in [3.05, 3.63) is 18.2 Å². The van der Waals surface area contributed by atoms with Gasteiger partial charge in [-0.1, -0.05) is 0 Å². The van der Waals surface area contributed by atoms with E-state index in [-0.39, 0.29) is 0 Å². The SMILES string of the molecule is Cln1nc(C2CC2)c2cncnc21. The third kappa shape index (κ3) is 1.02. The van der Waals surface area contributed by atoms with Crippen molar-refractivity contribution < 1.29 is 0 Å². The van der Waals surface area contributed by atoms with Gasteiger partial charge in [-0.2, -0.15) is 9.30 Å². The summed E-state index contributed by atoms with van der Waals surface area (Å²) < 4.78 is 1.31. The van der Waals surface area contributed by atoms with Gasteiger partial charge in [0.25, 0.3) is 0 Å². The maximum atomic E-state index is 5.86. The van der Waals surface area contributed by atoms with Crippen molar-refractivity contribution in [1.29, 1.82) is 0 Å². The summed E-state index contributed by atoms with van der Waals surface area (Å²) in [5.41, 5.74) is 1.75. The van der Waals surface area contributed by atoms with E-state index in [4.69, 9.17) is 11.8 Å². The predicted octanol–water partition coefficient (Wildman–Crippen LogP) is 1.71. The lowest BCUT2D eigenvalue weighted by molar-refractivity contribution is 0.924. The summed E-state index contributed by atoms with van der Waals surface area (Å²) in [6.07, 6.45) is 5.68. The summed E-state index contributed by atoms with van der Waals surface area (Å²) in [6, 6.07) is 0. The van der Waals surface area contributed by atoms with Gasteiger partial charge in [0.15, 0.2) is 5.65 Å². The number of hydrogen-bond acceptors (Lipinski definition) is 3. The molecule has 0 radical (unpaired) electrons. The van der Waals surface area contributed by atoms with E-state index in [1.54, 1.807) is 6.20 Å². The van der Waals surface area contributed by atoms with Crippen LogP contribution in [0.3, 0.4) is 0 Å². The van der Waals surface area contributed by atoms with Crippen LogP contribution in [0.1, 0.15) is 24.5 Å². The van der Waals surface area contributed by atoms with Gasteiger partial charge in [0.2, 0.25) is 0 Å². The van der Waals surface area contributed by atoms with Crippen molar-refractivity contribution in [3.8, 4) is 0 Å². The lowest BCUT2D eigenvalue weighted by Crippen LogP contribution is -1.85. The first-order valence-corrected chi connectivity index (χ1v) is 4.55. The van der Waals surface area contributed by atoms with E-state index in [1.807, 2.05) is 0 Å². The highest BCUT2D eigenvalue weighted by molar-refractivity contribution is 6.17. The molecule has 3 rings (SSSR count). The quantitative estimate of drug-likeness (QED) is 0.694. The fraction of sp³-hybridized carbons (Fsp3) is 0.375. The van der Waals surface area contributed by atoms with E-state index in [1.165, 1.54) is 23.4 Å². The van der Waals surface area contributed by atoms with Crippen LogP contribution in [0.4, 0.5) is 0 Å². The highest BCUT2D eigenvalue weighted by Crippen LogP contribution is 2.41. The Kier molecular flexibility index (Phi) is 1.35. The average Bonchev–Trinajstić information content (AvgIpc) is 2.94. The number of rotatable bonds is 1. The van der Waals surface area contributed by atoms with E-state index in [2.05, 4.69) is 15.1 Å². The van der Waals surface area contributed by atoms with Gasteiger partial charge < -0.3 is 0 Å². The summed E-state index contributed by atoms with van der Waals surface area (Å²) in [5, 5.41) is 5.22. The van der Waals surface area contributed by atoms with Crippen molar-refractivity contribution in [2.45, 2.75) is 18.8 Å². The largest absolute Gasteiger partial charge is 0.244 e. The molecule has 0 spiro atoms. The number of aromatic nitrogens is 4. The second kappa shape index (κ2) is 2.42. The molecule has 2 aromatic heterocycles. The molecule has 66 valence electrons. The van der Waals surface area contributed by atoms with Gasteiger partial charge in [0.05, 0.1) is 11.1 Å². The van der Waals surface area contributed by atoms with Crippen LogP contribution in [0.15, 0.2) is 12.5 Å². The zero-order chi connectivity index (χ0) is 8.84. The number of nitrogens with zero attached hydrogens (tertiary/aromatic N) is 4. The summed E-state index contributed by atoms with van der Waals surface area (Å²) in [7, 11) is 0. The van der Waals surface area contributed by atoms with Gasteiger partial charge in [-0.25, -0.2) is 9.97 Å². The van der Waals surface area contributed by atoms with Crippen LogP contribution in [0.25, 0.3) is 11.0 Å². The van der Waals surface area contributed by atoms with Gasteiger partial charge in [0.1, 0.15) is 6.33 Å². The smallest absolute Gasteiger partial charge is 0.179 e. The van der Waals surface area contributed by atoms with Crippen molar-refractivity contribution in [3.63, 3.8) is 0 Å². The average molecular weight is 195 g/mol. The zero-order valence-corrected chi connectivity index (χ0v) is 7.57. The van der Waals surface area contributed by atoms with Gasteiger partial charge in [-0.15, -0.1) is 0 Å². The second-order valence-corrected chi connectivity index (χ2v) is 3.60.